The maximum Gasteiger partial charge on any atom is 0.224 e. The maximum atomic E-state index is 12.0. The van der Waals surface area contributed by atoms with Gasteiger partial charge in [-0.3, -0.25) is 9.59 Å². The predicted molar refractivity (Wildman–Crippen MR) is 80.9 cm³/mol. The molecule has 1 saturated carbocycles. The maximum absolute atomic E-state index is 12.0. The van der Waals surface area contributed by atoms with Crippen LogP contribution in [0.4, 0.5) is 5.69 Å². The lowest BCUT2D eigenvalue weighted by atomic mass is 9.97. The summed E-state index contributed by atoms with van der Waals surface area (Å²) in [6.07, 6.45) is 2.49. The number of amides is 1. The number of ketones is 1. The number of oxime groups is 1. The molecule has 1 aromatic rings. The molecule has 1 atom stereocenters. The summed E-state index contributed by atoms with van der Waals surface area (Å²) >= 11 is 5.76. The van der Waals surface area contributed by atoms with E-state index in [1.54, 1.807) is 24.3 Å². The summed E-state index contributed by atoms with van der Waals surface area (Å²) in [7, 11) is 0. The van der Waals surface area contributed by atoms with E-state index in [1.165, 1.54) is 0 Å². The average molecular weight is 309 g/mol. The number of rotatable bonds is 5. The lowest BCUT2D eigenvalue weighted by Crippen LogP contribution is -2.21. The molecule has 1 aliphatic rings. The smallest absolute Gasteiger partial charge is 0.224 e. The van der Waals surface area contributed by atoms with Gasteiger partial charge in [0.05, 0.1) is 11.6 Å². The number of nitrogens with zero attached hydrogens (tertiary/aromatic N) is 1. The van der Waals surface area contributed by atoms with Gasteiger partial charge in [-0.15, -0.1) is 0 Å². The number of nitrogens with one attached hydrogen (secondary N) is 1. The summed E-state index contributed by atoms with van der Waals surface area (Å²) in [5.74, 6) is -0.573. The fourth-order valence-electron chi connectivity index (χ4n) is 2.46. The molecule has 1 fully saturated rings. The molecule has 0 unspecified atom stereocenters. The molecule has 112 valence electrons. The minimum Gasteiger partial charge on any atom is -0.411 e. The second kappa shape index (κ2) is 7.22. The summed E-state index contributed by atoms with van der Waals surface area (Å²) in [6.45, 7) is 0. The van der Waals surface area contributed by atoms with Crippen LogP contribution in [0.1, 0.15) is 32.1 Å². The number of carbonyl (C=O) groups is 2. The van der Waals surface area contributed by atoms with Crippen LogP contribution in [0, 0.1) is 5.92 Å². The molecule has 6 heteroatoms. The Balaban J connectivity index is 1.81. The molecule has 0 spiro atoms. The molecule has 1 aliphatic carbocycles. The van der Waals surface area contributed by atoms with E-state index in [-0.39, 0.29) is 30.4 Å². The summed E-state index contributed by atoms with van der Waals surface area (Å²) < 4.78 is 0. The van der Waals surface area contributed by atoms with Crippen molar-refractivity contribution in [3.8, 4) is 0 Å². The van der Waals surface area contributed by atoms with Gasteiger partial charge in [0.15, 0.2) is 0 Å². The first-order chi connectivity index (χ1) is 10.1. The molecule has 2 rings (SSSR count). The van der Waals surface area contributed by atoms with E-state index in [0.29, 0.717) is 29.3 Å². The molecule has 0 aliphatic heterocycles. The summed E-state index contributed by atoms with van der Waals surface area (Å²) in [6, 6.07) is 6.78. The summed E-state index contributed by atoms with van der Waals surface area (Å²) in [5.41, 5.74) is 1.19. The highest BCUT2D eigenvalue weighted by molar-refractivity contribution is 6.30. The van der Waals surface area contributed by atoms with Crippen molar-refractivity contribution in [1.82, 2.24) is 0 Å². The third-order valence-electron chi connectivity index (χ3n) is 3.57. The first-order valence-corrected chi connectivity index (χ1v) is 7.27. The minimum absolute atomic E-state index is 0.0356. The fourth-order valence-corrected chi connectivity index (χ4v) is 2.59. The second-order valence-electron chi connectivity index (χ2n) is 5.06. The Kier molecular flexibility index (Phi) is 5.33. The van der Waals surface area contributed by atoms with Crippen molar-refractivity contribution in [2.75, 3.05) is 5.32 Å². The molecule has 1 amide bonds. The van der Waals surface area contributed by atoms with E-state index in [4.69, 9.17) is 16.8 Å². The zero-order chi connectivity index (χ0) is 15.2. The van der Waals surface area contributed by atoms with Gasteiger partial charge >= 0.3 is 0 Å². The Hall–Kier alpha value is -1.88. The van der Waals surface area contributed by atoms with Crippen molar-refractivity contribution in [3.63, 3.8) is 0 Å². The van der Waals surface area contributed by atoms with E-state index in [9.17, 15) is 9.59 Å². The number of hydrogen-bond donors (Lipinski definition) is 2. The zero-order valence-electron chi connectivity index (χ0n) is 11.5. The van der Waals surface area contributed by atoms with E-state index in [1.807, 2.05) is 0 Å². The zero-order valence-corrected chi connectivity index (χ0v) is 12.3. The van der Waals surface area contributed by atoms with Crippen LogP contribution in [0.3, 0.4) is 0 Å². The molecule has 5 nitrogen and oxygen atoms in total. The van der Waals surface area contributed by atoms with Gasteiger partial charge in [0.1, 0.15) is 5.78 Å². The first kappa shape index (κ1) is 15.5. The Morgan fingerprint density at radius 2 is 2.00 bits per heavy atom. The molecule has 0 heterocycles. The van der Waals surface area contributed by atoms with E-state index >= 15 is 0 Å². The molecule has 1 aromatic carbocycles. The standard InChI is InChI=1S/C15H17ClN2O3/c16-10-4-6-11(7-5-10)17-15(20)9-8-14(19)12-2-1-3-13(12)18-21/h4-7,12,21H,1-3,8-9H2,(H,17,20)/b18-13+/t12-/m0/s1. The Labute approximate surface area is 128 Å². The lowest BCUT2D eigenvalue weighted by Gasteiger charge is -2.09. The number of halogens is 1. The fraction of sp³-hybridized carbons (Fsp3) is 0.400. The minimum atomic E-state index is -0.321. The topological polar surface area (TPSA) is 78.8 Å². The van der Waals surface area contributed by atoms with Crippen LogP contribution in [0.15, 0.2) is 29.4 Å². The van der Waals surface area contributed by atoms with Crippen LogP contribution >= 0.6 is 11.6 Å². The van der Waals surface area contributed by atoms with Crippen molar-refractivity contribution in [2.24, 2.45) is 11.1 Å². The summed E-state index contributed by atoms with van der Waals surface area (Å²) in [5, 5.41) is 15.3. The molecule has 2 N–H and O–H groups in total. The van der Waals surface area contributed by atoms with Crippen molar-refractivity contribution in [3.05, 3.63) is 29.3 Å². The van der Waals surface area contributed by atoms with Gasteiger partial charge in [-0.05, 0) is 43.5 Å². The van der Waals surface area contributed by atoms with E-state index in [2.05, 4.69) is 10.5 Å². The highest BCUT2D eigenvalue weighted by atomic mass is 35.5. The van der Waals surface area contributed by atoms with Gasteiger partial charge in [0.25, 0.3) is 0 Å². The third kappa shape index (κ3) is 4.29. The molecule has 0 bridgehead atoms. The predicted octanol–water partition coefficient (Wildman–Crippen LogP) is 3.26. The van der Waals surface area contributed by atoms with Crippen molar-refractivity contribution in [2.45, 2.75) is 32.1 Å². The molecule has 0 saturated heterocycles. The molecule has 21 heavy (non-hydrogen) atoms. The van der Waals surface area contributed by atoms with Crippen LogP contribution < -0.4 is 5.32 Å². The number of Topliss-reactive ketones (excluding diaryl/α,β-unsaturated/α-hetero) is 1. The molecule has 0 radical (unpaired) electrons. The number of anilines is 1. The largest absolute Gasteiger partial charge is 0.411 e. The number of carbonyl (C=O) groups excluding carboxylic acids is 2. The van der Waals surface area contributed by atoms with Gasteiger partial charge in [0.2, 0.25) is 5.91 Å². The third-order valence-corrected chi connectivity index (χ3v) is 3.82. The second-order valence-corrected chi connectivity index (χ2v) is 5.49. The normalized spacial score (nSPS) is 19.7. The van der Waals surface area contributed by atoms with Crippen LogP contribution in [0.5, 0.6) is 0 Å². The van der Waals surface area contributed by atoms with Gasteiger partial charge in [-0.25, -0.2) is 0 Å². The number of benzene rings is 1. The van der Waals surface area contributed by atoms with Gasteiger partial charge in [-0.2, -0.15) is 0 Å². The van der Waals surface area contributed by atoms with Gasteiger partial charge in [0, 0.05) is 23.6 Å². The van der Waals surface area contributed by atoms with Crippen LogP contribution in [-0.2, 0) is 9.59 Å². The lowest BCUT2D eigenvalue weighted by molar-refractivity contribution is -0.124. The SMILES string of the molecule is O=C(CCC(=O)[C@H]1CCC/C1=N\O)Nc1ccc(Cl)cc1. The van der Waals surface area contributed by atoms with Crippen molar-refractivity contribution >= 4 is 34.7 Å². The highest BCUT2D eigenvalue weighted by Gasteiger charge is 2.29. The Morgan fingerprint density at radius 1 is 1.29 bits per heavy atom. The average Bonchev–Trinajstić information content (AvgIpc) is 2.96. The van der Waals surface area contributed by atoms with Gasteiger partial charge < -0.3 is 10.5 Å². The van der Waals surface area contributed by atoms with Crippen LogP contribution in [0.25, 0.3) is 0 Å². The first-order valence-electron chi connectivity index (χ1n) is 6.89. The summed E-state index contributed by atoms with van der Waals surface area (Å²) in [4.78, 5) is 23.8. The van der Waals surface area contributed by atoms with Crippen molar-refractivity contribution < 1.29 is 14.8 Å². The Morgan fingerprint density at radius 3 is 2.67 bits per heavy atom. The van der Waals surface area contributed by atoms with Crippen LogP contribution in [-0.4, -0.2) is 22.6 Å². The van der Waals surface area contributed by atoms with E-state index in [0.717, 1.165) is 6.42 Å². The number of hydrogen-bond acceptors (Lipinski definition) is 4. The Bertz CT molecular complexity index is 555. The van der Waals surface area contributed by atoms with E-state index < -0.39 is 0 Å². The molecular formula is C15H17ClN2O3. The molecule has 0 aromatic heterocycles. The molecular weight excluding hydrogens is 292 g/mol. The quantitative estimate of drug-likeness (QED) is 0.647. The highest BCUT2D eigenvalue weighted by Crippen LogP contribution is 2.25. The van der Waals surface area contributed by atoms with Crippen molar-refractivity contribution in [1.29, 1.82) is 0 Å². The monoisotopic (exact) mass is 308 g/mol. The van der Waals surface area contributed by atoms with Crippen LogP contribution in [0.2, 0.25) is 5.02 Å². The van der Waals surface area contributed by atoms with Gasteiger partial charge in [-0.1, -0.05) is 16.8 Å².